The topological polar surface area (TPSA) is 34.1 Å². The van der Waals surface area contributed by atoms with Crippen molar-refractivity contribution in [3.8, 4) is 11.1 Å². The Bertz CT molecular complexity index is 637. The van der Waals surface area contributed by atoms with Crippen LogP contribution in [0.5, 0.6) is 0 Å². The second-order valence-corrected chi connectivity index (χ2v) is 6.50. The Hall–Kier alpha value is -0.970. The Morgan fingerprint density at radius 2 is 1.59 bits per heavy atom. The molecule has 0 unspecified atom stereocenters. The van der Waals surface area contributed by atoms with Crippen LogP contribution in [0.15, 0.2) is 58.3 Å². The first-order chi connectivity index (χ1) is 7.98. The van der Waals surface area contributed by atoms with Gasteiger partial charge in [0.1, 0.15) is 0 Å². The van der Waals surface area contributed by atoms with Crippen molar-refractivity contribution in [3.63, 3.8) is 0 Å². The largest absolute Gasteiger partial charge is 0.262 e. The van der Waals surface area contributed by atoms with Gasteiger partial charge in [0.25, 0.3) is 9.05 Å². The van der Waals surface area contributed by atoms with Crippen molar-refractivity contribution in [1.29, 1.82) is 0 Å². The van der Waals surface area contributed by atoms with Gasteiger partial charge < -0.3 is 0 Å². The van der Waals surface area contributed by atoms with Gasteiger partial charge in [-0.1, -0.05) is 36.4 Å². The van der Waals surface area contributed by atoms with E-state index in [0.29, 0.717) is 4.90 Å². The van der Waals surface area contributed by atoms with Gasteiger partial charge in [0.2, 0.25) is 0 Å². The molecule has 0 saturated carbocycles. The van der Waals surface area contributed by atoms with Gasteiger partial charge in [-0.05, 0) is 23.3 Å². The van der Waals surface area contributed by atoms with Crippen LogP contribution >= 0.6 is 23.3 Å². The summed E-state index contributed by atoms with van der Waals surface area (Å²) in [6.45, 7) is 0. The van der Waals surface area contributed by atoms with Gasteiger partial charge in [0.15, 0.2) is 0 Å². The van der Waals surface area contributed by atoms with Crippen LogP contribution in [0, 0.1) is 0 Å². The number of rotatable bonds is 2. The molecule has 5 heteroatoms. The molecule has 2 rings (SSSR count). The maximum Gasteiger partial charge on any atom is 0.262 e. The van der Waals surface area contributed by atoms with E-state index in [1.165, 1.54) is 6.07 Å². The Balaban J connectivity index is 2.53. The van der Waals surface area contributed by atoms with Crippen LogP contribution in [0.1, 0.15) is 0 Å². The molecule has 0 fully saturated rings. The van der Waals surface area contributed by atoms with E-state index in [1.807, 2.05) is 30.3 Å². The monoisotopic (exact) mass is 284 g/mol. The quantitative estimate of drug-likeness (QED) is 0.676. The summed E-state index contributed by atoms with van der Waals surface area (Å²) in [7, 11) is 1.55. The lowest BCUT2D eigenvalue weighted by Gasteiger charge is -2.05. The maximum atomic E-state index is 11.2. The minimum atomic E-state index is -3.74. The number of thiol groups is 1. The molecule has 2 aromatic rings. The molecule has 2 nitrogen and oxygen atoms in total. The Morgan fingerprint density at radius 1 is 0.941 bits per heavy atom. The molecule has 0 aliphatic rings. The molecule has 2 aromatic carbocycles. The Kier molecular flexibility index (Phi) is 3.47. The van der Waals surface area contributed by atoms with Crippen LogP contribution in [0.4, 0.5) is 0 Å². The summed E-state index contributed by atoms with van der Waals surface area (Å²) >= 11 is 4.15. The van der Waals surface area contributed by atoms with Crippen molar-refractivity contribution >= 4 is 32.4 Å². The molecule has 0 heterocycles. The standard InChI is InChI=1S/C12H9ClO2S2/c13-17(14,15)12-7-6-10(8-11(12)16)9-4-2-1-3-5-9/h1-8,16H. The van der Waals surface area contributed by atoms with Crippen LogP contribution in [0.2, 0.25) is 0 Å². The molecule has 17 heavy (non-hydrogen) atoms. The first-order valence-electron chi connectivity index (χ1n) is 4.81. The predicted octanol–water partition coefficient (Wildman–Crippen LogP) is 3.57. The lowest BCUT2D eigenvalue weighted by atomic mass is 10.1. The van der Waals surface area contributed by atoms with E-state index in [4.69, 9.17) is 10.7 Å². The number of hydrogen-bond donors (Lipinski definition) is 1. The van der Waals surface area contributed by atoms with Crippen molar-refractivity contribution < 1.29 is 8.42 Å². The third-order valence-corrected chi connectivity index (χ3v) is 4.23. The highest BCUT2D eigenvalue weighted by molar-refractivity contribution is 8.14. The minimum Gasteiger partial charge on any atom is -0.207 e. The third kappa shape index (κ3) is 2.83. The molecular formula is C12H9ClO2S2. The molecule has 88 valence electrons. The summed E-state index contributed by atoms with van der Waals surface area (Å²) in [4.78, 5) is 0.378. The van der Waals surface area contributed by atoms with Crippen LogP contribution in [-0.2, 0) is 9.05 Å². The molecule has 0 amide bonds. The number of halogens is 1. The van der Waals surface area contributed by atoms with Crippen molar-refractivity contribution in [2.75, 3.05) is 0 Å². The normalized spacial score (nSPS) is 11.4. The first-order valence-corrected chi connectivity index (χ1v) is 7.57. The number of hydrogen-bond acceptors (Lipinski definition) is 3. The van der Waals surface area contributed by atoms with E-state index < -0.39 is 9.05 Å². The predicted molar refractivity (Wildman–Crippen MR) is 72.2 cm³/mol. The molecular weight excluding hydrogens is 276 g/mol. The SMILES string of the molecule is O=S(=O)(Cl)c1ccc(-c2ccccc2)cc1S. The molecule has 0 N–H and O–H groups in total. The molecule has 0 aromatic heterocycles. The molecule has 0 aliphatic heterocycles. The average molecular weight is 285 g/mol. The van der Waals surface area contributed by atoms with Gasteiger partial charge in [-0.25, -0.2) is 8.42 Å². The van der Waals surface area contributed by atoms with E-state index >= 15 is 0 Å². The lowest BCUT2D eigenvalue weighted by Crippen LogP contribution is -1.92. The fraction of sp³-hybridized carbons (Fsp3) is 0. The van der Waals surface area contributed by atoms with Gasteiger partial charge in [-0.15, -0.1) is 12.6 Å². The molecule has 0 spiro atoms. The number of benzene rings is 2. The molecule has 0 saturated heterocycles. The van der Waals surface area contributed by atoms with Crippen molar-refractivity contribution in [2.45, 2.75) is 9.79 Å². The van der Waals surface area contributed by atoms with E-state index in [9.17, 15) is 8.42 Å². The Labute approximate surface area is 110 Å². The second kappa shape index (κ2) is 4.72. The highest BCUT2D eigenvalue weighted by Crippen LogP contribution is 2.28. The minimum absolute atomic E-state index is 0.0298. The Morgan fingerprint density at radius 3 is 2.12 bits per heavy atom. The van der Waals surface area contributed by atoms with Crippen molar-refractivity contribution in [3.05, 3.63) is 48.5 Å². The van der Waals surface area contributed by atoms with Gasteiger partial charge >= 0.3 is 0 Å². The lowest BCUT2D eigenvalue weighted by molar-refractivity contribution is 0.608. The molecule has 0 bridgehead atoms. The fourth-order valence-electron chi connectivity index (χ4n) is 1.53. The molecule has 0 atom stereocenters. The van der Waals surface area contributed by atoms with E-state index in [1.54, 1.807) is 12.1 Å². The van der Waals surface area contributed by atoms with Crippen LogP contribution in [0.25, 0.3) is 11.1 Å². The maximum absolute atomic E-state index is 11.2. The van der Waals surface area contributed by atoms with Crippen molar-refractivity contribution in [2.24, 2.45) is 0 Å². The zero-order valence-electron chi connectivity index (χ0n) is 8.67. The summed E-state index contributed by atoms with van der Waals surface area (Å²) in [6, 6.07) is 14.5. The van der Waals surface area contributed by atoms with Crippen LogP contribution < -0.4 is 0 Å². The fourth-order valence-corrected chi connectivity index (χ4v) is 3.21. The summed E-state index contributed by atoms with van der Waals surface area (Å²) in [5.41, 5.74) is 1.90. The third-order valence-electron chi connectivity index (χ3n) is 2.33. The summed E-state index contributed by atoms with van der Waals surface area (Å²) in [5, 5.41) is 0. The summed E-state index contributed by atoms with van der Waals surface area (Å²) in [6.07, 6.45) is 0. The summed E-state index contributed by atoms with van der Waals surface area (Å²) < 4.78 is 22.4. The highest BCUT2D eigenvalue weighted by Gasteiger charge is 2.14. The average Bonchev–Trinajstić information content (AvgIpc) is 2.28. The first kappa shape index (κ1) is 12.5. The molecule has 0 aliphatic carbocycles. The van der Waals surface area contributed by atoms with Gasteiger partial charge in [0, 0.05) is 15.6 Å². The summed E-state index contributed by atoms with van der Waals surface area (Å²) in [5.74, 6) is 0. The smallest absolute Gasteiger partial charge is 0.207 e. The van der Waals surface area contributed by atoms with Gasteiger partial charge in [-0.2, -0.15) is 0 Å². The van der Waals surface area contributed by atoms with E-state index in [-0.39, 0.29) is 4.90 Å². The molecule has 0 radical (unpaired) electrons. The van der Waals surface area contributed by atoms with Crippen LogP contribution in [0.3, 0.4) is 0 Å². The van der Waals surface area contributed by atoms with E-state index in [0.717, 1.165) is 11.1 Å². The highest BCUT2D eigenvalue weighted by atomic mass is 35.7. The zero-order valence-corrected chi connectivity index (χ0v) is 11.1. The zero-order chi connectivity index (χ0) is 12.5. The second-order valence-electron chi connectivity index (χ2n) is 3.49. The van der Waals surface area contributed by atoms with E-state index in [2.05, 4.69) is 12.6 Å². The van der Waals surface area contributed by atoms with Crippen LogP contribution in [-0.4, -0.2) is 8.42 Å². The van der Waals surface area contributed by atoms with Crippen molar-refractivity contribution in [1.82, 2.24) is 0 Å². The van der Waals surface area contributed by atoms with Gasteiger partial charge in [0.05, 0.1) is 4.90 Å². The van der Waals surface area contributed by atoms with Gasteiger partial charge in [-0.3, -0.25) is 0 Å².